The molecule has 2 aliphatic rings. The van der Waals surface area contributed by atoms with Crippen LogP contribution in [-0.2, 0) is 11.3 Å². The second kappa shape index (κ2) is 4.18. The van der Waals surface area contributed by atoms with Crippen molar-refractivity contribution in [2.24, 2.45) is 5.92 Å². The van der Waals surface area contributed by atoms with Crippen LogP contribution in [0.25, 0.3) is 0 Å². The first-order valence-electron chi connectivity index (χ1n) is 6.19. The van der Waals surface area contributed by atoms with Gasteiger partial charge in [-0.3, -0.25) is 0 Å². The van der Waals surface area contributed by atoms with E-state index in [1.165, 1.54) is 12.2 Å². The summed E-state index contributed by atoms with van der Waals surface area (Å²) in [6.45, 7) is 6.03. The molecule has 2 aliphatic heterocycles. The van der Waals surface area contributed by atoms with Crippen LogP contribution in [0.2, 0.25) is 0 Å². The molecule has 88 valence electrons. The molecule has 1 aromatic rings. The number of hydrogen-bond donors (Lipinski definition) is 1. The molecule has 16 heavy (non-hydrogen) atoms. The van der Waals surface area contributed by atoms with Crippen molar-refractivity contribution in [2.75, 3.05) is 19.8 Å². The van der Waals surface area contributed by atoms with Gasteiger partial charge in [-0.1, -0.05) is 0 Å². The van der Waals surface area contributed by atoms with Crippen LogP contribution in [0.1, 0.15) is 30.4 Å². The van der Waals surface area contributed by atoms with Gasteiger partial charge in [0.15, 0.2) is 0 Å². The molecule has 0 spiro atoms. The van der Waals surface area contributed by atoms with E-state index in [9.17, 15) is 0 Å². The molecule has 3 rings (SSSR count). The number of rotatable bonds is 1. The van der Waals surface area contributed by atoms with Crippen molar-refractivity contribution < 1.29 is 4.74 Å². The van der Waals surface area contributed by atoms with Crippen LogP contribution in [0.5, 0.6) is 0 Å². The average Bonchev–Trinajstić information content (AvgIpc) is 2.86. The van der Waals surface area contributed by atoms with Crippen molar-refractivity contribution in [1.82, 2.24) is 14.9 Å². The van der Waals surface area contributed by atoms with Gasteiger partial charge in [0.05, 0.1) is 18.3 Å². The Kier molecular flexibility index (Phi) is 2.69. The van der Waals surface area contributed by atoms with Crippen LogP contribution >= 0.6 is 0 Å². The Balaban J connectivity index is 1.91. The minimum absolute atomic E-state index is 0.388. The summed E-state index contributed by atoms with van der Waals surface area (Å²) in [5.74, 6) is 1.81. The highest BCUT2D eigenvalue weighted by atomic mass is 16.5. The van der Waals surface area contributed by atoms with Gasteiger partial charge < -0.3 is 14.6 Å². The molecule has 2 atom stereocenters. The lowest BCUT2D eigenvalue weighted by Crippen LogP contribution is -2.29. The quantitative estimate of drug-likeness (QED) is 0.776. The molecule has 3 heterocycles. The van der Waals surface area contributed by atoms with Crippen LogP contribution in [0, 0.1) is 12.8 Å². The average molecular weight is 221 g/mol. The molecule has 0 amide bonds. The molecule has 0 aromatic carbocycles. The fourth-order valence-electron chi connectivity index (χ4n) is 2.78. The fraction of sp³-hybridized carbons (Fsp3) is 0.750. The Morgan fingerprint density at radius 1 is 1.56 bits per heavy atom. The molecule has 0 aliphatic carbocycles. The van der Waals surface area contributed by atoms with E-state index in [-0.39, 0.29) is 0 Å². The highest BCUT2D eigenvalue weighted by molar-refractivity contribution is 5.09. The molecule has 0 radical (unpaired) electrons. The molecule has 2 unspecified atom stereocenters. The summed E-state index contributed by atoms with van der Waals surface area (Å²) in [6.07, 6.45) is 4.52. The van der Waals surface area contributed by atoms with E-state index in [0.29, 0.717) is 12.0 Å². The second-order valence-electron chi connectivity index (χ2n) is 4.84. The second-order valence-corrected chi connectivity index (χ2v) is 4.84. The number of ether oxygens (including phenoxy) is 1. The minimum Gasteiger partial charge on any atom is -0.381 e. The Bertz CT molecular complexity index is 368. The molecule has 4 nitrogen and oxygen atoms in total. The third-order valence-electron chi connectivity index (χ3n) is 3.58. The Labute approximate surface area is 96.0 Å². The van der Waals surface area contributed by atoms with Crippen molar-refractivity contribution in [3.8, 4) is 0 Å². The van der Waals surface area contributed by atoms with Gasteiger partial charge in [-0.05, 0) is 26.3 Å². The van der Waals surface area contributed by atoms with Gasteiger partial charge in [-0.2, -0.15) is 0 Å². The van der Waals surface area contributed by atoms with E-state index in [1.807, 2.05) is 0 Å². The first-order chi connectivity index (χ1) is 7.84. The maximum absolute atomic E-state index is 5.50. The summed E-state index contributed by atoms with van der Waals surface area (Å²) in [7, 11) is 0. The zero-order chi connectivity index (χ0) is 11.0. The van der Waals surface area contributed by atoms with Gasteiger partial charge in [0.2, 0.25) is 0 Å². The summed E-state index contributed by atoms with van der Waals surface area (Å²) in [5, 5.41) is 3.63. The van der Waals surface area contributed by atoms with E-state index in [2.05, 4.69) is 28.0 Å². The zero-order valence-electron chi connectivity index (χ0n) is 9.78. The molecule has 1 fully saturated rings. The monoisotopic (exact) mass is 221 g/mol. The number of fused-ring (bicyclic) bond motifs is 1. The van der Waals surface area contributed by atoms with Gasteiger partial charge >= 0.3 is 0 Å². The predicted octanol–water partition coefficient (Wildman–Crippen LogP) is 1.26. The summed E-state index contributed by atoms with van der Waals surface area (Å²) in [6, 6.07) is 0.388. The summed E-state index contributed by atoms with van der Waals surface area (Å²) in [5.41, 5.74) is 1.13. The molecule has 1 N–H and O–H groups in total. The minimum atomic E-state index is 0.388. The van der Waals surface area contributed by atoms with Crippen LogP contribution in [-0.4, -0.2) is 29.3 Å². The standard InChI is InChI=1S/C12H19N3O/c1-9-7-15-5-2-4-13-11(12(15)14-9)10-3-6-16-8-10/h7,10-11,13H,2-6,8H2,1H3. The fourth-order valence-corrected chi connectivity index (χ4v) is 2.78. The number of aromatic nitrogens is 2. The van der Waals surface area contributed by atoms with Gasteiger partial charge in [-0.25, -0.2) is 4.98 Å². The lowest BCUT2D eigenvalue weighted by atomic mass is 9.98. The van der Waals surface area contributed by atoms with E-state index in [1.54, 1.807) is 0 Å². The number of hydrogen-bond acceptors (Lipinski definition) is 3. The van der Waals surface area contributed by atoms with Crippen molar-refractivity contribution >= 4 is 0 Å². The number of imidazole rings is 1. The maximum atomic E-state index is 5.50. The maximum Gasteiger partial charge on any atom is 0.126 e. The van der Waals surface area contributed by atoms with Crippen molar-refractivity contribution in [3.63, 3.8) is 0 Å². The van der Waals surface area contributed by atoms with Gasteiger partial charge in [0.1, 0.15) is 5.82 Å². The number of nitrogens with zero attached hydrogens (tertiary/aromatic N) is 2. The number of aryl methyl sites for hydroxylation is 2. The zero-order valence-corrected chi connectivity index (χ0v) is 9.78. The lowest BCUT2D eigenvalue weighted by Gasteiger charge is -2.21. The molecular weight excluding hydrogens is 202 g/mol. The predicted molar refractivity (Wildman–Crippen MR) is 61.3 cm³/mol. The van der Waals surface area contributed by atoms with Gasteiger partial charge in [0, 0.05) is 25.3 Å². The summed E-state index contributed by atoms with van der Waals surface area (Å²) >= 11 is 0. The van der Waals surface area contributed by atoms with Crippen LogP contribution < -0.4 is 5.32 Å². The highest BCUT2D eigenvalue weighted by Crippen LogP contribution is 2.29. The summed E-state index contributed by atoms with van der Waals surface area (Å²) < 4.78 is 7.81. The first kappa shape index (κ1) is 10.3. The largest absolute Gasteiger partial charge is 0.381 e. The normalized spacial score (nSPS) is 30.1. The Morgan fingerprint density at radius 3 is 3.31 bits per heavy atom. The smallest absolute Gasteiger partial charge is 0.126 e. The van der Waals surface area contributed by atoms with Crippen molar-refractivity contribution in [3.05, 3.63) is 17.7 Å². The van der Waals surface area contributed by atoms with E-state index < -0.39 is 0 Å². The lowest BCUT2D eigenvalue weighted by molar-refractivity contribution is 0.176. The molecule has 1 saturated heterocycles. The number of nitrogens with one attached hydrogen (secondary N) is 1. The molecule has 0 bridgehead atoms. The van der Waals surface area contributed by atoms with Crippen molar-refractivity contribution in [1.29, 1.82) is 0 Å². The topological polar surface area (TPSA) is 39.1 Å². The molecule has 1 aromatic heterocycles. The van der Waals surface area contributed by atoms with Crippen molar-refractivity contribution in [2.45, 2.75) is 32.4 Å². The van der Waals surface area contributed by atoms with E-state index >= 15 is 0 Å². The van der Waals surface area contributed by atoms with Crippen LogP contribution in [0.3, 0.4) is 0 Å². The van der Waals surface area contributed by atoms with E-state index in [4.69, 9.17) is 4.74 Å². The first-order valence-corrected chi connectivity index (χ1v) is 6.19. The molecule has 4 heteroatoms. The van der Waals surface area contributed by atoms with Crippen LogP contribution in [0.15, 0.2) is 6.20 Å². The SMILES string of the molecule is Cc1cn2c(n1)C(C1CCOC1)NCCC2. The summed E-state index contributed by atoms with van der Waals surface area (Å²) in [4.78, 5) is 4.68. The molecular formula is C12H19N3O. The van der Waals surface area contributed by atoms with E-state index in [0.717, 1.165) is 38.4 Å². The van der Waals surface area contributed by atoms with Gasteiger partial charge in [-0.15, -0.1) is 0 Å². The Hall–Kier alpha value is -0.870. The van der Waals surface area contributed by atoms with Crippen LogP contribution in [0.4, 0.5) is 0 Å². The third kappa shape index (κ3) is 1.76. The van der Waals surface area contributed by atoms with Gasteiger partial charge in [0.25, 0.3) is 0 Å². The molecule has 0 saturated carbocycles. The Morgan fingerprint density at radius 2 is 2.50 bits per heavy atom. The third-order valence-corrected chi connectivity index (χ3v) is 3.58. The highest BCUT2D eigenvalue weighted by Gasteiger charge is 2.31.